The van der Waals surface area contributed by atoms with Gasteiger partial charge in [0.2, 0.25) is 12.3 Å². The first-order chi connectivity index (χ1) is 11.5. The van der Waals surface area contributed by atoms with E-state index >= 15 is 0 Å². The van der Waals surface area contributed by atoms with Crippen LogP contribution in [0.1, 0.15) is 12.5 Å². The van der Waals surface area contributed by atoms with Crippen LogP contribution in [0.2, 0.25) is 0 Å². The second kappa shape index (κ2) is 8.70. The molecule has 1 aromatic carbocycles. The molecule has 1 aromatic rings. The van der Waals surface area contributed by atoms with Crippen LogP contribution < -0.4 is 10.6 Å². The lowest BCUT2D eigenvalue weighted by molar-refractivity contribution is -0.143. The van der Waals surface area contributed by atoms with Gasteiger partial charge >= 0.3 is 5.97 Å². The van der Waals surface area contributed by atoms with Gasteiger partial charge in [0.25, 0.3) is 0 Å². The number of nitrogens with one attached hydrogen (secondary N) is 2. The van der Waals surface area contributed by atoms with Crippen LogP contribution in [-0.2, 0) is 20.8 Å². The molecule has 8 heteroatoms. The van der Waals surface area contributed by atoms with Gasteiger partial charge in [-0.15, -0.1) is 0 Å². The predicted molar refractivity (Wildman–Crippen MR) is 90.4 cm³/mol. The number of aliphatic carboxylic acids is 1. The van der Waals surface area contributed by atoms with Gasteiger partial charge in [0.1, 0.15) is 6.04 Å². The number of rotatable bonds is 9. The highest BCUT2D eigenvalue weighted by Gasteiger charge is 2.35. The topological polar surface area (TPSA) is 98.7 Å². The summed E-state index contributed by atoms with van der Waals surface area (Å²) in [4.78, 5) is 34.5. The maximum absolute atomic E-state index is 12.1. The quantitative estimate of drug-likeness (QED) is 0.443. The third kappa shape index (κ3) is 4.97. The molecule has 1 unspecified atom stereocenters. The normalized spacial score (nSPS) is 16.0. The molecule has 1 saturated heterocycles. The number of amides is 2. The van der Waals surface area contributed by atoms with Gasteiger partial charge in [0.15, 0.2) is 0 Å². The molecule has 3 N–H and O–H groups in total. The molecule has 24 heavy (non-hydrogen) atoms. The van der Waals surface area contributed by atoms with Crippen molar-refractivity contribution < 1.29 is 19.5 Å². The Morgan fingerprint density at radius 2 is 2.21 bits per heavy atom. The Hall–Kier alpha value is -2.06. The molecule has 0 radical (unpaired) electrons. The summed E-state index contributed by atoms with van der Waals surface area (Å²) in [6, 6.07) is 7.15. The molecule has 130 valence electrons. The van der Waals surface area contributed by atoms with Gasteiger partial charge in [-0.05, 0) is 36.1 Å². The molecule has 0 bridgehead atoms. The highest BCUT2D eigenvalue weighted by atomic mass is 32.2. The Balaban J connectivity index is 1.79. The van der Waals surface area contributed by atoms with E-state index < -0.39 is 12.0 Å². The minimum atomic E-state index is -1.17. The monoisotopic (exact) mass is 351 g/mol. The zero-order valence-electron chi connectivity index (χ0n) is 13.4. The van der Waals surface area contributed by atoms with Crippen molar-refractivity contribution in [2.45, 2.75) is 24.3 Å². The number of hydrogen-bond acceptors (Lipinski definition) is 5. The third-order valence-electron chi connectivity index (χ3n) is 3.78. The van der Waals surface area contributed by atoms with E-state index in [1.54, 1.807) is 11.9 Å². The molecule has 0 aromatic heterocycles. The number of hydrogen-bond donors (Lipinski definition) is 3. The lowest BCUT2D eigenvalue weighted by Crippen LogP contribution is -2.55. The van der Waals surface area contributed by atoms with Crippen LogP contribution in [-0.4, -0.2) is 53.4 Å². The van der Waals surface area contributed by atoms with Crippen LogP contribution in [0.15, 0.2) is 29.2 Å². The molecule has 1 heterocycles. The number of aryl methyl sites for hydroxylation is 1. The Bertz CT molecular complexity index is 605. The predicted octanol–water partition coefficient (Wildman–Crippen LogP) is 0.503. The Labute approximate surface area is 144 Å². The van der Waals surface area contributed by atoms with Crippen molar-refractivity contribution in [1.82, 2.24) is 14.9 Å². The van der Waals surface area contributed by atoms with Crippen LogP contribution in [0.4, 0.5) is 0 Å². The molecule has 2 rings (SSSR count). The lowest BCUT2D eigenvalue weighted by atomic mass is 10.0. The maximum atomic E-state index is 12.1. The van der Waals surface area contributed by atoms with Gasteiger partial charge in [-0.3, -0.25) is 9.59 Å². The van der Waals surface area contributed by atoms with Crippen molar-refractivity contribution in [3.05, 3.63) is 29.8 Å². The first-order valence-corrected chi connectivity index (χ1v) is 8.53. The molecule has 1 aliphatic rings. The van der Waals surface area contributed by atoms with E-state index in [4.69, 9.17) is 5.11 Å². The SMILES string of the molecule is CCc1cccc(SN2CC(C(=O)NC(CNC=O)C(=O)O)C2)c1. The lowest BCUT2D eigenvalue weighted by Gasteiger charge is -2.37. The highest BCUT2D eigenvalue weighted by molar-refractivity contribution is 7.97. The van der Waals surface area contributed by atoms with E-state index in [0.717, 1.165) is 11.3 Å². The standard InChI is InChI=1S/C16H21N3O4S/c1-2-11-4-3-5-13(6-11)24-19-8-12(9-19)15(21)18-14(16(22)23)7-17-10-20/h3-6,10,12,14H,2,7-9H2,1H3,(H,17,20)(H,18,21)(H,22,23). The number of carboxylic acid groups (broad SMARTS) is 1. The number of carboxylic acids is 1. The van der Waals surface area contributed by atoms with Crippen molar-refractivity contribution >= 4 is 30.2 Å². The van der Waals surface area contributed by atoms with E-state index in [-0.39, 0.29) is 18.4 Å². The molecule has 2 amide bonds. The van der Waals surface area contributed by atoms with E-state index in [1.165, 1.54) is 5.56 Å². The summed E-state index contributed by atoms with van der Waals surface area (Å²) in [5.41, 5.74) is 1.27. The van der Waals surface area contributed by atoms with Gasteiger partial charge in [-0.2, -0.15) is 0 Å². The molecule has 0 spiro atoms. The largest absolute Gasteiger partial charge is 0.480 e. The zero-order chi connectivity index (χ0) is 17.5. The molecule has 0 aliphatic carbocycles. The van der Waals surface area contributed by atoms with Gasteiger partial charge < -0.3 is 15.7 Å². The van der Waals surface area contributed by atoms with Gasteiger partial charge in [0.05, 0.1) is 5.92 Å². The average Bonchev–Trinajstić information content (AvgIpc) is 2.54. The molecule has 1 fully saturated rings. The van der Waals surface area contributed by atoms with Crippen molar-refractivity contribution in [3.63, 3.8) is 0 Å². The summed E-state index contributed by atoms with van der Waals surface area (Å²) < 4.78 is 2.07. The fourth-order valence-electron chi connectivity index (χ4n) is 2.31. The first-order valence-electron chi connectivity index (χ1n) is 7.75. The van der Waals surface area contributed by atoms with Crippen LogP contribution >= 0.6 is 11.9 Å². The van der Waals surface area contributed by atoms with E-state index in [0.29, 0.717) is 19.5 Å². The highest BCUT2D eigenvalue weighted by Crippen LogP contribution is 2.31. The zero-order valence-corrected chi connectivity index (χ0v) is 14.2. The Kier molecular flexibility index (Phi) is 6.62. The van der Waals surface area contributed by atoms with Crippen molar-refractivity contribution in [1.29, 1.82) is 0 Å². The first kappa shape index (κ1) is 18.3. The molecule has 1 aliphatic heterocycles. The second-order valence-electron chi connectivity index (χ2n) is 5.56. The molecule has 7 nitrogen and oxygen atoms in total. The number of carbonyl (C=O) groups excluding carboxylic acids is 2. The molecule has 0 saturated carbocycles. The second-order valence-corrected chi connectivity index (χ2v) is 6.73. The minimum absolute atomic E-state index is 0.125. The van der Waals surface area contributed by atoms with Gasteiger partial charge in [0, 0.05) is 24.5 Å². The van der Waals surface area contributed by atoms with Gasteiger partial charge in [-0.25, -0.2) is 9.10 Å². The van der Waals surface area contributed by atoms with Crippen LogP contribution in [0, 0.1) is 5.92 Å². The summed E-state index contributed by atoms with van der Waals surface area (Å²) >= 11 is 1.60. The average molecular weight is 351 g/mol. The van der Waals surface area contributed by atoms with Crippen molar-refractivity contribution in [2.75, 3.05) is 19.6 Å². The summed E-state index contributed by atoms with van der Waals surface area (Å²) in [5.74, 6) is -1.70. The Morgan fingerprint density at radius 3 is 2.83 bits per heavy atom. The third-order valence-corrected chi connectivity index (χ3v) is 4.80. The van der Waals surface area contributed by atoms with E-state index in [2.05, 4.69) is 34.0 Å². The molecular weight excluding hydrogens is 330 g/mol. The number of nitrogens with zero attached hydrogens (tertiary/aromatic N) is 1. The summed E-state index contributed by atoms with van der Waals surface area (Å²) in [7, 11) is 0. The summed E-state index contributed by atoms with van der Waals surface area (Å²) in [6.45, 7) is 3.12. The van der Waals surface area contributed by atoms with Crippen LogP contribution in [0.3, 0.4) is 0 Å². The maximum Gasteiger partial charge on any atom is 0.328 e. The van der Waals surface area contributed by atoms with Crippen molar-refractivity contribution in [2.24, 2.45) is 5.92 Å². The smallest absolute Gasteiger partial charge is 0.328 e. The van der Waals surface area contributed by atoms with E-state index in [9.17, 15) is 14.4 Å². The fourth-order valence-corrected chi connectivity index (χ4v) is 3.46. The number of benzene rings is 1. The minimum Gasteiger partial charge on any atom is -0.480 e. The van der Waals surface area contributed by atoms with Gasteiger partial charge in [-0.1, -0.05) is 19.1 Å². The summed E-state index contributed by atoms with van der Waals surface area (Å²) in [6.07, 6.45) is 1.39. The molecule has 1 atom stereocenters. The number of carbonyl (C=O) groups is 3. The van der Waals surface area contributed by atoms with Crippen LogP contribution in [0.25, 0.3) is 0 Å². The van der Waals surface area contributed by atoms with E-state index in [1.807, 2.05) is 12.1 Å². The molecular formula is C16H21N3O4S. The van der Waals surface area contributed by atoms with Crippen molar-refractivity contribution in [3.8, 4) is 0 Å². The summed E-state index contributed by atoms with van der Waals surface area (Å²) in [5, 5.41) is 13.8. The fraction of sp³-hybridized carbons (Fsp3) is 0.438. The van der Waals surface area contributed by atoms with Crippen LogP contribution in [0.5, 0.6) is 0 Å². The Morgan fingerprint density at radius 1 is 1.46 bits per heavy atom.